The Bertz CT molecular complexity index is 915. The average Bonchev–Trinajstić information content (AvgIpc) is 3.14. The maximum absolute atomic E-state index is 12.6. The number of hydrogen-bond acceptors (Lipinski definition) is 5. The van der Waals surface area contributed by atoms with Crippen LogP contribution in [0.4, 0.5) is 0 Å². The molecular weight excluding hydrogens is 645 g/mol. The summed E-state index contributed by atoms with van der Waals surface area (Å²) in [4.78, 5) is 25.1. The van der Waals surface area contributed by atoms with Crippen molar-refractivity contribution >= 4 is 11.9 Å². The lowest BCUT2D eigenvalue weighted by atomic mass is 10.1. The summed E-state index contributed by atoms with van der Waals surface area (Å²) < 4.78 is 17.2. The van der Waals surface area contributed by atoms with E-state index in [1.807, 2.05) is 0 Å². The second-order valence-electron chi connectivity index (χ2n) is 14.2. The molecule has 0 rings (SSSR count). The number of carbonyl (C=O) groups excluding carboxylic acids is 2. The van der Waals surface area contributed by atoms with Gasteiger partial charge >= 0.3 is 11.9 Å². The standard InChI is InChI=1S/C47H82O5/c1-4-7-10-13-16-18-20-21-22-23-24-25-26-27-28-29-32-34-37-40-46(48)51-44-45(52-47(49)41-38-35-31-15-12-9-6-3)43-50-42-39-36-33-30-19-17-14-11-8-5-2/h7,10,16,18,21-22,24-25,27-28,45H,4-6,8-9,11-15,17,19-20,23,26,29-44H2,1-3H3/b10-7-,18-16-,22-21-,25-24-,28-27-. The van der Waals surface area contributed by atoms with E-state index in [1.54, 1.807) is 0 Å². The molecule has 0 aliphatic rings. The SMILES string of the molecule is CC/C=C\C/C=C\C/C=C\C/C=C\C/C=C\CCCCCC(=O)OCC(COCCCCCCCCCCCC)OC(=O)CCCCCCCCC. The van der Waals surface area contributed by atoms with Crippen LogP contribution >= 0.6 is 0 Å². The van der Waals surface area contributed by atoms with E-state index in [0.717, 1.165) is 83.5 Å². The van der Waals surface area contributed by atoms with E-state index in [-0.39, 0.29) is 25.2 Å². The predicted molar refractivity (Wildman–Crippen MR) is 224 cm³/mol. The fraction of sp³-hybridized carbons (Fsp3) is 0.745. The van der Waals surface area contributed by atoms with Crippen LogP contribution in [0.25, 0.3) is 0 Å². The maximum atomic E-state index is 12.6. The molecule has 5 heteroatoms. The molecule has 0 N–H and O–H groups in total. The molecule has 0 aliphatic heterocycles. The number of hydrogen-bond donors (Lipinski definition) is 0. The van der Waals surface area contributed by atoms with Crippen LogP contribution in [0.2, 0.25) is 0 Å². The largest absolute Gasteiger partial charge is 0.462 e. The average molecular weight is 727 g/mol. The third-order valence-electron chi connectivity index (χ3n) is 9.07. The zero-order chi connectivity index (χ0) is 37.8. The molecular formula is C47H82O5. The summed E-state index contributed by atoms with van der Waals surface area (Å²) in [5, 5.41) is 0. The van der Waals surface area contributed by atoms with Gasteiger partial charge in [-0.3, -0.25) is 9.59 Å². The molecule has 0 amide bonds. The molecule has 1 unspecified atom stereocenters. The van der Waals surface area contributed by atoms with Gasteiger partial charge in [-0.15, -0.1) is 0 Å². The van der Waals surface area contributed by atoms with Gasteiger partial charge in [0.15, 0.2) is 6.10 Å². The van der Waals surface area contributed by atoms with E-state index < -0.39 is 6.10 Å². The van der Waals surface area contributed by atoms with E-state index in [4.69, 9.17) is 14.2 Å². The van der Waals surface area contributed by atoms with Crippen LogP contribution in [0.3, 0.4) is 0 Å². The Morgan fingerprint density at radius 2 is 0.865 bits per heavy atom. The van der Waals surface area contributed by atoms with Crippen LogP contribution in [0, 0.1) is 0 Å². The van der Waals surface area contributed by atoms with Crippen LogP contribution < -0.4 is 0 Å². The molecule has 300 valence electrons. The minimum absolute atomic E-state index is 0.0691. The summed E-state index contributed by atoms with van der Waals surface area (Å²) >= 11 is 0. The predicted octanol–water partition coefficient (Wildman–Crippen LogP) is 14.2. The van der Waals surface area contributed by atoms with Gasteiger partial charge in [0.25, 0.3) is 0 Å². The molecule has 0 radical (unpaired) electrons. The Kier molecular flexibility index (Phi) is 41.0. The first-order valence-electron chi connectivity index (χ1n) is 21.8. The molecule has 0 fully saturated rings. The van der Waals surface area contributed by atoms with Gasteiger partial charge in [0.05, 0.1) is 6.61 Å². The number of ether oxygens (including phenoxy) is 3. The third kappa shape index (κ3) is 40.4. The van der Waals surface area contributed by atoms with Crippen molar-refractivity contribution in [2.45, 2.75) is 207 Å². The number of esters is 2. The van der Waals surface area contributed by atoms with Gasteiger partial charge in [0.1, 0.15) is 6.61 Å². The Balaban J connectivity index is 4.20. The smallest absolute Gasteiger partial charge is 0.306 e. The van der Waals surface area contributed by atoms with Crippen molar-refractivity contribution < 1.29 is 23.8 Å². The fourth-order valence-electron chi connectivity index (χ4n) is 5.83. The molecule has 1 atom stereocenters. The van der Waals surface area contributed by atoms with Gasteiger partial charge in [0, 0.05) is 19.4 Å². The first kappa shape index (κ1) is 49.6. The Morgan fingerprint density at radius 3 is 1.38 bits per heavy atom. The number of carbonyl (C=O) groups is 2. The molecule has 0 spiro atoms. The summed E-state index contributed by atoms with van der Waals surface area (Å²) in [6.45, 7) is 7.63. The molecule has 0 saturated carbocycles. The summed E-state index contributed by atoms with van der Waals surface area (Å²) in [6, 6.07) is 0. The van der Waals surface area contributed by atoms with Crippen molar-refractivity contribution in [3.63, 3.8) is 0 Å². The van der Waals surface area contributed by atoms with E-state index in [2.05, 4.69) is 81.5 Å². The number of unbranched alkanes of at least 4 members (excludes halogenated alkanes) is 18. The molecule has 0 bridgehead atoms. The van der Waals surface area contributed by atoms with Gasteiger partial charge in [-0.1, -0.05) is 184 Å². The highest BCUT2D eigenvalue weighted by Crippen LogP contribution is 2.13. The lowest BCUT2D eigenvalue weighted by Crippen LogP contribution is -2.30. The minimum Gasteiger partial charge on any atom is -0.462 e. The van der Waals surface area contributed by atoms with Gasteiger partial charge in [-0.25, -0.2) is 0 Å². The summed E-state index contributed by atoms with van der Waals surface area (Å²) in [5.41, 5.74) is 0. The van der Waals surface area contributed by atoms with Crippen LogP contribution in [0.15, 0.2) is 60.8 Å². The van der Waals surface area contributed by atoms with E-state index in [0.29, 0.717) is 19.4 Å². The highest BCUT2D eigenvalue weighted by atomic mass is 16.6. The molecule has 52 heavy (non-hydrogen) atoms. The normalized spacial score (nSPS) is 12.8. The third-order valence-corrected chi connectivity index (χ3v) is 9.07. The van der Waals surface area contributed by atoms with Crippen LogP contribution in [-0.4, -0.2) is 37.9 Å². The summed E-state index contributed by atoms with van der Waals surface area (Å²) in [6.07, 6.45) is 52.2. The number of rotatable bonds is 39. The Morgan fingerprint density at radius 1 is 0.442 bits per heavy atom. The molecule has 0 heterocycles. The molecule has 0 aromatic heterocycles. The molecule has 0 aliphatic carbocycles. The van der Waals surface area contributed by atoms with Crippen LogP contribution in [-0.2, 0) is 23.8 Å². The number of allylic oxidation sites excluding steroid dienone is 10. The van der Waals surface area contributed by atoms with Gasteiger partial charge in [-0.05, 0) is 64.2 Å². The molecule has 0 aromatic rings. The first-order valence-corrected chi connectivity index (χ1v) is 21.8. The van der Waals surface area contributed by atoms with Crippen molar-refractivity contribution in [2.75, 3.05) is 19.8 Å². The minimum atomic E-state index is -0.542. The topological polar surface area (TPSA) is 61.8 Å². The quantitative estimate of drug-likeness (QED) is 0.0358. The van der Waals surface area contributed by atoms with Crippen molar-refractivity contribution in [1.29, 1.82) is 0 Å². The molecule has 5 nitrogen and oxygen atoms in total. The van der Waals surface area contributed by atoms with Crippen molar-refractivity contribution in [3.05, 3.63) is 60.8 Å². The van der Waals surface area contributed by atoms with E-state index in [1.165, 1.54) is 83.5 Å². The lowest BCUT2D eigenvalue weighted by Gasteiger charge is -2.18. The Hall–Kier alpha value is -2.40. The maximum Gasteiger partial charge on any atom is 0.306 e. The van der Waals surface area contributed by atoms with Crippen molar-refractivity contribution in [1.82, 2.24) is 0 Å². The second-order valence-corrected chi connectivity index (χ2v) is 14.2. The zero-order valence-electron chi connectivity index (χ0n) is 34.3. The van der Waals surface area contributed by atoms with E-state index in [9.17, 15) is 9.59 Å². The summed E-state index contributed by atoms with van der Waals surface area (Å²) in [5.74, 6) is -0.440. The van der Waals surface area contributed by atoms with Crippen molar-refractivity contribution in [2.24, 2.45) is 0 Å². The molecule has 0 saturated heterocycles. The van der Waals surface area contributed by atoms with Gasteiger partial charge < -0.3 is 14.2 Å². The van der Waals surface area contributed by atoms with Gasteiger partial charge in [-0.2, -0.15) is 0 Å². The highest BCUT2D eigenvalue weighted by molar-refractivity contribution is 5.70. The first-order chi connectivity index (χ1) is 25.6. The van der Waals surface area contributed by atoms with Crippen LogP contribution in [0.5, 0.6) is 0 Å². The van der Waals surface area contributed by atoms with Crippen molar-refractivity contribution in [3.8, 4) is 0 Å². The van der Waals surface area contributed by atoms with Crippen LogP contribution in [0.1, 0.15) is 201 Å². The monoisotopic (exact) mass is 727 g/mol. The molecule has 0 aromatic carbocycles. The van der Waals surface area contributed by atoms with Gasteiger partial charge in [0.2, 0.25) is 0 Å². The summed E-state index contributed by atoms with van der Waals surface area (Å²) in [7, 11) is 0. The zero-order valence-corrected chi connectivity index (χ0v) is 34.3. The fourth-order valence-corrected chi connectivity index (χ4v) is 5.83. The second kappa shape index (κ2) is 43.0. The van der Waals surface area contributed by atoms with E-state index >= 15 is 0 Å². The Labute approximate surface area is 322 Å². The highest BCUT2D eigenvalue weighted by Gasteiger charge is 2.17. The lowest BCUT2D eigenvalue weighted by molar-refractivity contribution is -0.163.